The highest BCUT2D eigenvalue weighted by Crippen LogP contribution is 2.34. The van der Waals surface area contributed by atoms with Gasteiger partial charge in [0.2, 0.25) is 0 Å². The first-order valence-corrected chi connectivity index (χ1v) is 7.64. The zero-order valence-corrected chi connectivity index (χ0v) is 13.5. The highest BCUT2D eigenvalue weighted by Gasteiger charge is 2.32. The Bertz CT molecular complexity index is 765. The molecule has 0 saturated heterocycles. The topological polar surface area (TPSA) is 46.6 Å². The third-order valence-electron chi connectivity index (χ3n) is 4.00. The van der Waals surface area contributed by atoms with Gasteiger partial charge in [-0.05, 0) is 38.5 Å². The molecular formula is C19H19NO3. The first-order valence-electron chi connectivity index (χ1n) is 7.64. The van der Waals surface area contributed by atoms with Gasteiger partial charge >= 0.3 is 0 Å². The summed E-state index contributed by atoms with van der Waals surface area (Å²) in [5.41, 5.74) is 3.38. The van der Waals surface area contributed by atoms with E-state index < -0.39 is 6.10 Å². The maximum Gasteiger partial charge on any atom is 0.268 e. The number of carbonyl (C=O) groups excluding carboxylic acids is 2. The van der Waals surface area contributed by atoms with Gasteiger partial charge in [-0.15, -0.1) is 0 Å². The number of fused-ring (bicyclic) bond motifs is 1. The second-order valence-electron chi connectivity index (χ2n) is 5.94. The molecular weight excluding hydrogens is 290 g/mol. The van der Waals surface area contributed by atoms with Gasteiger partial charge in [-0.2, -0.15) is 0 Å². The SMILES string of the molecule is Cc1ccc(C(=O)CN2C(=O)C(C)Oc3ccc(C)cc32)cc1. The largest absolute Gasteiger partial charge is 0.479 e. The average molecular weight is 309 g/mol. The fourth-order valence-corrected chi connectivity index (χ4v) is 2.65. The van der Waals surface area contributed by atoms with Crippen molar-refractivity contribution in [3.05, 3.63) is 59.2 Å². The maximum atomic E-state index is 12.5. The van der Waals surface area contributed by atoms with E-state index in [1.165, 1.54) is 4.90 Å². The van der Waals surface area contributed by atoms with Crippen LogP contribution in [0.15, 0.2) is 42.5 Å². The Labute approximate surface area is 135 Å². The first kappa shape index (κ1) is 15.3. The maximum absolute atomic E-state index is 12.5. The minimum atomic E-state index is -0.587. The standard InChI is InChI=1S/C19H19NO3/c1-12-4-7-15(8-5-12)17(21)11-20-16-10-13(2)6-9-18(16)23-14(3)19(20)22/h4-10,14H,11H2,1-3H3. The number of hydrogen-bond acceptors (Lipinski definition) is 3. The first-order chi connectivity index (χ1) is 11.0. The van der Waals surface area contributed by atoms with E-state index in [1.807, 2.05) is 44.2 Å². The normalized spacial score (nSPS) is 16.7. The van der Waals surface area contributed by atoms with Gasteiger partial charge in [0.1, 0.15) is 5.75 Å². The molecule has 1 amide bonds. The van der Waals surface area contributed by atoms with E-state index in [2.05, 4.69) is 0 Å². The zero-order chi connectivity index (χ0) is 16.6. The Morgan fingerprint density at radius 1 is 1.09 bits per heavy atom. The van der Waals surface area contributed by atoms with Crippen LogP contribution in [0.5, 0.6) is 5.75 Å². The molecule has 23 heavy (non-hydrogen) atoms. The molecule has 4 nitrogen and oxygen atoms in total. The predicted molar refractivity (Wildman–Crippen MR) is 89.1 cm³/mol. The number of ketones is 1. The van der Waals surface area contributed by atoms with Crippen molar-refractivity contribution in [1.82, 2.24) is 0 Å². The third kappa shape index (κ3) is 2.97. The number of amides is 1. The summed E-state index contributed by atoms with van der Waals surface area (Å²) < 4.78 is 5.63. The Balaban J connectivity index is 1.92. The van der Waals surface area contributed by atoms with Crippen LogP contribution < -0.4 is 9.64 Å². The lowest BCUT2D eigenvalue weighted by atomic mass is 10.1. The minimum Gasteiger partial charge on any atom is -0.479 e. The van der Waals surface area contributed by atoms with Crippen LogP contribution in [-0.2, 0) is 4.79 Å². The van der Waals surface area contributed by atoms with Gasteiger partial charge in [0.05, 0.1) is 12.2 Å². The molecule has 1 aliphatic rings. The monoisotopic (exact) mass is 309 g/mol. The number of aryl methyl sites for hydroxylation is 2. The number of nitrogens with zero attached hydrogens (tertiary/aromatic N) is 1. The molecule has 2 aromatic carbocycles. The van der Waals surface area contributed by atoms with Crippen LogP contribution in [0, 0.1) is 13.8 Å². The Kier molecular flexibility index (Phi) is 3.90. The number of ether oxygens (including phenoxy) is 1. The molecule has 1 heterocycles. The van der Waals surface area contributed by atoms with Crippen molar-refractivity contribution < 1.29 is 14.3 Å². The molecule has 0 spiro atoms. The smallest absolute Gasteiger partial charge is 0.268 e. The van der Waals surface area contributed by atoms with Crippen LogP contribution in [0.4, 0.5) is 5.69 Å². The van der Waals surface area contributed by atoms with Gasteiger partial charge in [0, 0.05) is 5.56 Å². The lowest BCUT2D eigenvalue weighted by Crippen LogP contribution is -2.46. The van der Waals surface area contributed by atoms with Gasteiger partial charge < -0.3 is 4.74 Å². The highest BCUT2D eigenvalue weighted by atomic mass is 16.5. The van der Waals surface area contributed by atoms with E-state index in [4.69, 9.17) is 4.74 Å². The minimum absolute atomic E-state index is 0.0199. The summed E-state index contributed by atoms with van der Waals surface area (Å²) in [5.74, 6) is 0.364. The van der Waals surface area contributed by atoms with Crippen LogP contribution in [0.2, 0.25) is 0 Å². The number of benzene rings is 2. The van der Waals surface area contributed by atoms with Crippen molar-refractivity contribution in [3.8, 4) is 5.75 Å². The van der Waals surface area contributed by atoms with Crippen LogP contribution in [0.3, 0.4) is 0 Å². The molecule has 0 radical (unpaired) electrons. The number of hydrogen-bond donors (Lipinski definition) is 0. The Hall–Kier alpha value is -2.62. The van der Waals surface area contributed by atoms with Crippen molar-refractivity contribution >= 4 is 17.4 Å². The average Bonchev–Trinajstić information content (AvgIpc) is 2.53. The Morgan fingerprint density at radius 3 is 2.43 bits per heavy atom. The van der Waals surface area contributed by atoms with E-state index in [9.17, 15) is 9.59 Å². The van der Waals surface area contributed by atoms with Crippen molar-refractivity contribution in [2.24, 2.45) is 0 Å². The quantitative estimate of drug-likeness (QED) is 0.817. The van der Waals surface area contributed by atoms with Gasteiger partial charge in [-0.25, -0.2) is 0 Å². The molecule has 0 fully saturated rings. The molecule has 0 aliphatic carbocycles. The van der Waals surface area contributed by atoms with Gasteiger partial charge in [0.15, 0.2) is 11.9 Å². The number of carbonyl (C=O) groups is 2. The molecule has 0 saturated carbocycles. The third-order valence-corrected chi connectivity index (χ3v) is 4.00. The number of rotatable bonds is 3. The van der Waals surface area contributed by atoms with E-state index >= 15 is 0 Å². The van der Waals surface area contributed by atoms with Crippen molar-refractivity contribution in [1.29, 1.82) is 0 Å². The predicted octanol–water partition coefficient (Wildman–Crippen LogP) is 3.30. The summed E-state index contributed by atoms with van der Waals surface area (Å²) in [5, 5.41) is 0. The van der Waals surface area contributed by atoms with Crippen LogP contribution in [-0.4, -0.2) is 24.3 Å². The molecule has 0 aromatic heterocycles. The molecule has 1 atom stereocenters. The fraction of sp³-hybridized carbons (Fsp3) is 0.263. The zero-order valence-electron chi connectivity index (χ0n) is 13.5. The van der Waals surface area contributed by atoms with Crippen molar-refractivity contribution in [2.75, 3.05) is 11.4 Å². The lowest BCUT2D eigenvalue weighted by molar-refractivity contribution is -0.125. The van der Waals surface area contributed by atoms with Crippen molar-refractivity contribution in [3.63, 3.8) is 0 Å². The van der Waals surface area contributed by atoms with Gasteiger partial charge in [0.25, 0.3) is 5.91 Å². The van der Waals surface area contributed by atoms with Crippen LogP contribution in [0.1, 0.15) is 28.4 Å². The van der Waals surface area contributed by atoms with Crippen molar-refractivity contribution in [2.45, 2.75) is 26.9 Å². The summed E-state index contributed by atoms with van der Waals surface area (Å²) in [6.45, 7) is 5.64. The summed E-state index contributed by atoms with van der Waals surface area (Å²) in [7, 11) is 0. The number of Topliss-reactive ketones (excluding diaryl/α,β-unsaturated/α-hetero) is 1. The Morgan fingerprint density at radius 2 is 1.74 bits per heavy atom. The van der Waals surface area contributed by atoms with E-state index in [0.717, 1.165) is 11.1 Å². The molecule has 3 rings (SSSR count). The second-order valence-corrected chi connectivity index (χ2v) is 5.94. The molecule has 2 aromatic rings. The summed E-state index contributed by atoms with van der Waals surface area (Å²) in [6.07, 6.45) is -0.587. The van der Waals surface area contributed by atoms with E-state index in [1.54, 1.807) is 19.1 Å². The molecule has 1 aliphatic heterocycles. The second kappa shape index (κ2) is 5.88. The summed E-state index contributed by atoms with van der Waals surface area (Å²) in [4.78, 5) is 26.5. The van der Waals surface area contributed by atoms with Crippen LogP contribution >= 0.6 is 0 Å². The number of anilines is 1. The van der Waals surface area contributed by atoms with Gasteiger partial charge in [-0.1, -0.05) is 35.9 Å². The summed E-state index contributed by atoms with van der Waals surface area (Å²) in [6, 6.07) is 13.0. The van der Waals surface area contributed by atoms with Crippen LogP contribution in [0.25, 0.3) is 0 Å². The molecule has 0 bridgehead atoms. The fourth-order valence-electron chi connectivity index (χ4n) is 2.65. The van der Waals surface area contributed by atoms with E-state index in [-0.39, 0.29) is 18.2 Å². The van der Waals surface area contributed by atoms with E-state index in [0.29, 0.717) is 17.0 Å². The molecule has 4 heteroatoms. The van der Waals surface area contributed by atoms with Gasteiger partial charge in [-0.3, -0.25) is 14.5 Å². The molecule has 118 valence electrons. The summed E-state index contributed by atoms with van der Waals surface area (Å²) >= 11 is 0. The molecule has 0 N–H and O–H groups in total. The highest BCUT2D eigenvalue weighted by molar-refractivity contribution is 6.08. The molecule has 1 unspecified atom stereocenters. The lowest BCUT2D eigenvalue weighted by Gasteiger charge is -2.32.